The first-order chi connectivity index (χ1) is 15.6. The minimum atomic E-state index is -2.66. The van der Waals surface area contributed by atoms with Gasteiger partial charge in [0.1, 0.15) is 5.69 Å². The third-order valence-corrected chi connectivity index (χ3v) is 5.47. The number of aromatic nitrogens is 5. The Labute approximate surface area is 187 Å². The lowest BCUT2D eigenvalue weighted by molar-refractivity contribution is -0.134. The molecular formula is C21H23F2N7O3. The van der Waals surface area contributed by atoms with E-state index in [-0.39, 0.29) is 43.3 Å². The van der Waals surface area contributed by atoms with Crippen LogP contribution in [0.5, 0.6) is 0 Å². The lowest BCUT2D eigenvalue weighted by Gasteiger charge is -2.34. The van der Waals surface area contributed by atoms with Crippen LogP contribution < -0.4 is 10.6 Å². The first-order valence-electron chi connectivity index (χ1n) is 10.4. The van der Waals surface area contributed by atoms with Gasteiger partial charge in [0.05, 0.1) is 30.7 Å². The second kappa shape index (κ2) is 8.68. The molecule has 12 heteroatoms. The standard InChI is InChI=1S/C21H23F2N7O3/c1-11(2)18(27-17(31)4-13-6-21(22,23)7-13)14-5-16-26-15(10-30(16)25-8-14)9-24-20(32)19-12(3)28-33-29-19/h5,8,10,13,18H,1,4,6-7,9H2,2-3H3,(H,24,32)(H,27,31). The summed E-state index contributed by atoms with van der Waals surface area (Å²) in [6.07, 6.45) is 2.78. The molecule has 1 aliphatic rings. The van der Waals surface area contributed by atoms with Crippen molar-refractivity contribution in [2.45, 2.75) is 51.6 Å². The third kappa shape index (κ3) is 5.04. The Morgan fingerprint density at radius 2 is 2.12 bits per heavy atom. The molecule has 2 amide bonds. The Bertz CT molecular complexity index is 1210. The van der Waals surface area contributed by atoms with Gasteiger partial charge in [-0.15, -0.1) is 0 Å². The molecule has 3 aromatic heterocycles. The van der Waals surface area contributed by atoms with E-state index in [1.165, 1.54) is 0 Å². The molecule has 10 nitrogen and oxygen atoms in total. The zero-order valence-electron chi connectivity index (χ0n) is 18.1. The molecule has 1 atom stereocenters. The van der Waals surface area contributed by atoms with Crippen LogP contribution in [-0.2, 0) is 11.3 Å². The van der Waals surface area contributed by atoms with Gasteiger partial charge in [0.15, 0.2) is 11.3 Å². The number of nitrogens with zero attached hydrogens (tertiary/aromatic N) is 5. The van der Waals surface area contributed by atoms with Crippen LogP contribution in [0.4, 0.5) is 8.78 Å². The second-order valence-corrected chi connectivity index (χ2v) is 8.39. The number of carbonyl (C=O) groups excluding carboxylic acids is 2. The number of alkyl halides is 2. The fourth-order valence-electron chi connectivity index (χ4n) is 3.78. The summed E-state index contributed by atoms with van der Waals surface area (Å²) in [6.45, 7) is 7.44. The van der Waals surface area contributed by atoms with Crippen LogP contribution in [0.3, 0.4) is 0 Å². The first-order valence-corrected chi connectivity index (χ1v) is 10.4. The number of halogens is 2. The molecule has 3 heterocycles. The summed E-state index contributed by atoms with van der Waals surface area (Å²) in [5.41, 5.74) is 2.88. The Kier molecular flexibility index (Phi) is 5.91. The summed E-state index contributed by atoms with van der Waals surface area (Å²) in [7, 11) is 0. The van der Waals surface area contributed by atoms with Gasteiger partial charge in [-0.3, -0.25) is 9.59 Å². The molecule has 1 fully saturated rings. The predicted octanol–water partition coefficient (Wildman–Crippen LogP) is 2.52. The molecule has 2 N–H and O–H groups in total. The van der Waals surface area contributed by atoms with Crippen molar-refractivity contribution in [2.24, 2.45) is 5.92 Å². The summed E-state index contributed by atoms with van der Waals surface area (Å²) in [5, 5.41) is 17.0. The number of nitrogens with one attached hydrogen (secondary N) is 2. The number of imidazole rings is 1. The van der Waals surface area contributed by atoms with E-state index in [1.807, 2.05) is 0 Å². The van der Waals surface area contributed by atoms with Crippen molar-refractivity contribution in [2.75, 3.05) is 0 Å². The van der Waals surface area contributed by atoms with Crippen LogP contribution in [0.2, 0.25) is 0 Å². The second-order valence-electron chi connectivity index (χ2n) is 8.39. The van der Waals surface area contributed by atoms with Gasteiger partial charge in [0.25, 0.3) is 5.91 Å². The Hall–Kier alpha value is -3.70. The molecule has 0 aliphatic heterocycles. The first kappa shape index (κ1) is 22.5. The molecule has 0 saturated heterocycles. The molecule has 3 aromatic rings. The van der Waals surface area contributed by atoms with Crippen LogP contribution in [0, 0.1) is 12.8 Å². The maximum absolute atomic E-state index is 13.0. The maximum atomic E-state index is 13.0. The fraction of sp³-hybridized carbons (Fsp3) is 0.429. The number of hydrogen-bond acceptors (Lipinski definition) is 7. The molecule has 174 valence electrons. The topological polar surface area (TPSA) is 127 Å². The molecule has 33 heavy (non-hydrogen) atoms. The zero-order valence-corrected chi connectivity index (χ0v) is 18.1. The van der Waals surface area contributed by atoms with Crippen molar-refractivity contribution >= 4 is 17.5 Å². The van der Waals surface area contributed by atoms with Crippen molar-refractivity contribution in [3.8, 4) is 0 Å². The third-order valence-electron chi connectivity index (χ3n) is 5.47. The number of hydrogen-bond donors (Lipinski definition) is 2. The minimum absolute atomic E-state index is 0.0444. The SMILES string of the molecule is C=C(C)C(NC(=O)CC1CC(F)(F)C1)c1cnn2cc(CNC(=O)c3nonc3C)nc2c1. The lowest BCUT2D eigenvalue weighted by atomic mass is 9.79. The molecule has 0 radical (unpaired) electrons. The number of amides is 2. The number of aryl methyl sites for hydroxylation is 1. The predicted molar refractivity (Wildman–Crippen MR) is 111 cm³/mol. The Balaban J connectivity index is 1.42. The molecular weight excluding hydrogens is 436 g/mol. The van der Waals surface area contributed by atoms with Gasteiger partial charge in [-0.1, -0.05) is 17.3 Å². The lowest BCUT2D eigenvalue weighted by Crippen LogP contribution is -2.39. The smallest absolute Gasteiger partial charge is 0.275 e. The van der Waals surface area contributed by atoms with E-state index in [0.29, 0.717) is 28.2 Å². The number of carbonyl (C=O) groups is 2. The van der Waals surface area contributed by atoms with Gasteiger partial charge in [-0.25, -0.2) is 22.9 Å². The highest BCUT2D eigenvalue weighted by atomic mass is 19.3. The summed E-state index contributed by atoms with van der Waals surface area (Å²) in [4.78, 5) is 29.0. The van der Waals surface area contributed by atoms with Gasteiger partial charge in [-0.2, -0.15) is 5.10 Å². The summed E-state index contributed by atoms with van der Waals surface area (Å²) in [6, 6.07) is 1.22. The highest BCUT2D eigenvalue weighted by Crippen LogP contribution is 2.44. The molecule has 4 rings (SSSR count). The van der Waals surface area contributed by atoms with Gasteiger partial charge in [-0.05, 0) is 31.0 Å². The normalized spacial score (nSPS) is 16.2. The van der Waals surface area contributed by atoms with Crippen LogP contribution >= 0.6 is 0 Å². The van der Waals surface area contributed by atoms with Crippen molar-refractivity contribution in [1.29, 1.82) is 0 Å². The van der Waals surface area contributed by atoms with E-state index in [0.717, 1.165) is 0 Å². The van der Waals surface area contributed by atoms with E-state index in [2.05, 4.69) is 42.2 Å². The molecule has 0 bridgehead atoms. The van der Waals surface area contributed by atoms with E-state index >= 15 is 0 Å². The molecule has 0 aromatic carbocycles. The van der Waals surface area contributed by atoms with Gasteiger partial charge in [0, 0.05) is 24.8 Å². The Morgan fingerprint density at radius 3 is 2.76 bits per heavy atom. The van der Waals surface area contributed by atoms with Crippen molar-refractivity contribution in [3.63, 3.8) is 0 Å². The van der Waals surface area contributed by atoms with Crippen molar-refractivity contribution in [3.05, 3.63) is 53.3 Å². The highest BCUT2D eigenvalue weighted by molar-refractivity contribution is 5.92. The van der Waals surface area contributed by atoms with Gasteiger partial charge < -0.3 is 10.6 Å². The molecule has 1 aliphatic carbocycles. The van der Waals surface area contributed by atoms with Gasteiger partial charge in [0.2, 0.25) is 11.8 Å². The Morgan fingerprint density at radius 1 is 1.36 bits per heavy atom. The number of fused-ring (bicyclic) bond motifs is 1. The number of rotatable bonds is 8. The molecule has 0 spiro atoms. The van der Waals surface area contributed by atoms with E-state index in [9.17, 15) is 18.4 Å². The zero-order chi connectivity index (χ0) is 23.8. The van der Waals surface area contributed by atoms with Crippen LogP contribution in [0.25, 0.3) is 5.65 Å². The van der Waals surface area contributed by atoms with E-state index in [4.69, 9.17) is 0 Å². The average molecular weight is 459 g/mol. The monoisotopic (exact) mass is 459 g/mol. The van der Waals surface area contributed by atoms with Crippen LogP contribution in [0.15, 0.2) is 35.2 Å². The maximum Gasteiger partial charge on any atom is 0.275 e. The van der Waals surface area contributed by atoms with E-state index in [1.54, 1.807) is 36.8 Å². The van der Waals surface area contributed by atoms with Crippen LogP contribution in [0.1, 0.15) is 59.7 Å². The minimum Gasteiger partial charge on any atom is -0.345 e. The highest BCUT2D eigenvalue weighted by Gasteiger charge is 2.45. The van der Waals surface area contributed by atoms with E-state index < -0.39 is 17.9 Å². The van der Waals surface area contributed by atoms with Crippen molar-refractivity contribution < 1.29 is 23.0 Å². The van der Waals surface area contributed by atoms with Crippen molar-refractivity contribution in [1.82, 2.24) is 35.5 Å². The largest absolute Gasteiger partial charge is 0.345 e. The summed E-state index contributed by atoms with van der Waals surface area (Å²) in [5.74, 6) is -3.72. The molecule has 1 unspecified atom stereocenters. The van der Waals surface area contributed by atoms with Crippen LogP contribution in [-0.4, -0.2) is 42.6 Å². The fourth-order valence-corrected chi connectivity index (χ4v) is 3.78. The summed E-state index contributed by atoms with van der Waals surface area (Å²) >= 11 is 0. The average Bonchev–Trinajstić information content (AvgIpc) is 3.33. The summed E-state index contributed by atoms with van der Waals surface area (Å²) < 4.78 is 32.1. The quantitative estimate of drug-likeness (QED) is 0.496. The van der Waals surface area contributed by atoms with Gasteiger partial charge >= 0.3 is 0 Å². The molecule has 1 saturated carbocycles.